The van der Waals surface area contributed by atoms with Gasteiger partial charge in [0.25, 0.3) is 0 Å². The topological polar surface area (TPSA) is 114 Å². The van der Waals surface area contributed by atoms with Crippen molar-refractivity contribution in [3.8, 4) is 0 Å². The summed E-state index contributed by atoms with van der Waals surface area (Å²) in [6.07, 6.45) is -1.91. The third-order valence-corrected chi connectivity index (χ3v) is 5.84. The van der Waals surface area contributed by atoms with Gasteiger partial charge in [0.05, 0.1) is 19.1 Å². The van der Waals surface area contributed by atoms with Gasteiger partial charge in [0.1, 0.15) is 24.0 Å². The molecule has 3 saturated heterocycles. The molecule has 3 rings (SSSR count). The zero-order valence-corrected chi connectivity index (χ0v) is 16.5. The third kappa shape index (κ3) is 3.47. The molecule has 9 nitrogen and oxygen atoms in total. The lowest BCUT2D eigenvalue weighted by molar-refractivity contribution is -0.164. The zero-order valence-electron chi connectivity index (χ0n) is 16.5. The van der Waals surface area contributed by atoms with Crippen molar-refractivity contribution in [2.75, 3.05) is 13.7 Å². The Labute approximate surface area is 163 Å². The van der Waals surface area contributed by atoms with Crippen molar-refractivity contribution < 1.29 is 42.9 Å². The van der Waals surface area contributed by atoms with E-state index in [2.05, 4.69) is 0 Å². The van der Waals surface area contributed by atoms with E-state index in [-0.39, 0.29) is 19.0 Å². The average molecular weight is 398 g/mol. The molecular formula is C19H26O9. The SMILES string of the molecule is CCC(C)(C)C(=O)OCCCC(=O)OC1C2OC(=O)C3C2OC1C3C(=O)OC. The number of hydrogen-bond donors (Lipinski definition) is 0. The third-order valence-electron chi connectivity index (χ3n) is 5.84. The molecule has 0 aromatic heterocycles. The lowest BCUT2D eigenvalue weighted by Crippen LogP contribution is -2.47. The highest BCUT2D eigenvalue weighted by molar-refractivity contribution is 5.86. The molecule has 2 bridgehead atoms. The normalized spacial score (nSPS) is 32.8. The number of esters is 4. The lowest BCUT2D eigenvalue weighted by atomic mass is 9.78. The summed E-state index contributed by atoms with van der Waals surface area (Å²) >= 11 is 0. The summed E-state index contributed by atoms with van der Waals surface area (Å²) in [6, 6.07) is 0. The summed E-state index contributed by atoms with van der Waals surface area (Å²) in [4.78, 5) is 48.2. The molecule has 0 spiro atoms. The van der Waals surface area contributed by atoms with E-state index in [0.29, 0.717) is 12.8 Å². The molecule has 6 atom stereocenters. The van der Waals surface area contributed by atoms with Gasteiger partial charge in [-0.05, 0) is 26.7 Å². The number of carbonyl (C=O) groups is 4. The lowest BCUT2D eigenvalue weighted by Gasteiger charge is -2.26. The Hall–Kier alpha value is -2.16. The van der Waals surface area contributed by atoms with E-state index in [0.717, 1.165) is 0 Å². The van der Waals surface area contributed by atoms with Crippen molar-refractivity contribution in [1.29, 1.82) is 0 Å². The zero-order chi connectivity index (χ0) is 20.6. The summed E-state index contributed by atoms with van der Waals surface area (Å²) in [6.45, 7) is 5.60. The van der Waals surface area contributed by atoms with Gasteiger partial charge in [-0.25, -0.2) is 0 Å². The van der Waals surface area contributed by atoms with Crippen LogP contribution in [0.2, 0.25) is 0 Å². The minimum absolute atomic E-state index is 0.0285. The highest BCUT2D eigenvalue weighted by atomic mass is 16.7. The molecule has 9 heteroatoms. The number of rotatable bonds is 8. The fourth-order valence-corrected chi connectivity index (χ4v) is 3.81. The van der Waals surface area contributed by atoms with Crippen molar-refractivity contribution in [2.24, 2.45) is 17.3 Å². The second-order valence-corrected chi connectivity index (χ2v) is 7.97. The molecular weight excluding hydrogens is 372 g/mol. The molecule has 0 saturated carbocycles. The average Bonchev–Trinajstić information content (AvgIpc) is 3.28. The smallest absolute Gasteiger partial charge is 0.313 e. The largest absolute Gasteiger partial charge is 0.469 e. The highest BCUT2D eigenvalue weighted by Crippen LogP contribution is 2.51. The predicted octanol–water partition coefficient (Wildman–Crippen LogP) is 0.770. The molecule has 6 unspecified atom stereocenters. The Bertz CT molecular complexity index is 670. The van der Waals surface area contributed by atoms with Gasteiger partial charge in [0.15, 0.2) is 12.2 Å². The summed E-state index contributed by atoms with van der Waals surface area (Å²) in [5.41, 5.74) is -0.563. The van der Waals surface area contributed by atoms with Crippen LogP contribution in [0, 0.1) is 17.3 Å². The number of carbonyl (C=O) groups excluding carboxylic acids is 4. The van der Waals surface area contributed by atoms with Crippen LogP contribution in [-0.4, -0.2) is 62.0 Å². The Morgan fingerprint density at radius 3 is 2.50 bits per heavy atom. The molecule has 3 heterocycles. The van der Waals surface area contributed by atoms with Crippen molar-refractivity contribution in [2.45, 2.75) is 64.4 Å². The van der Waals surface area contributed by atoms with E-state index < -0.39 is 59.6 Å². The minimum Gasteiger partial charge on any atom is -0.469 e. The van der Waals surface area contributed by atoms with Gasteiger partial charge in [0, 0.05) is 6.42 Å². The molecule has 0 N–H and O–H groups in total. The molecule has 3 aliphatic heterocycles. The Balaban J connectivity index is 1.50. The molecule has 0 radical (unpaired) electrons. The second-order valence-electron chi connectivity index (χ2n) is 7.97. The molecule has 0 aromatic carbocycles. The molecule has 3 aliphatic rings. The number of hydrogen-bond acceptors (Lipinski definition) is 9. The first-order chi connectivity index (χ1) is 13.2. The van der Waals surface area contributed by atoms with Crippen LogP contribution in [0.1, 0.15) is 40.0 Å². The number of methoxy groups -OCH3 is 1. The van der Waals surface area contributed by atoms with Crippen molar-refractivity contribution in [3.63, 3.8) is 0 Å². The first kappa shape index (κ1) is 20.6. The van der Waals surface area contributed by atoms with Crippen LogP contribution >= 0.6 is 0 Å². The summed E-state index contributed by atoms with van der Waals surface area (Å²) in [5.74, 6) is -3.50. The van der Waals surface area contributed by atoms with Crippen LogP contribution in [0.25, 0.3) is 0 Å². The number of ether oxygens (including phenoxy) is 5. The fourth-order valence-electron chi connectivity index (χ4n) is 3.81. The van der Waals surface area contributed by atoms with Crippen molar-refractivity contribution in [3.05, 3.63) is 0 Å². The van der Waals surface area contributed by atoms with Crippen molar-refractivity contribution in [1.82, 2.24) is 0 Å². The van der Waals surface area contributed by atoms with Crippen LogP contribution in [-0.2, 0) is 42.9 Å². The highest BCUT2D eigenvalue weighted by Gasteiger charge is 2.71. The first-order valence-corrected chi connectivity index (χ1v) is 9.51. The first-order valence-electron chi connectivity index (χ1n) is 9.51. The van der Waals surface area contributed by atoms with Gasteiger partial charge < -0.3 is 23.7 Å². The minimum atomic E-state index is -0.842. The van der Waals surface area contributed by atoms with E-state index in [9.17, 15) is 19.2 Å². The van der Waals surface area contributed by atoms with E-state index in [1.807, 2.05) is 6.92 Å². The van der Waals surface area contributed by atoms with Crippen LogP contribution in [0.15, 0.2) is 0 Å². The van der Waals surface area contributed by atoms with Crippen LogP contribution in [0.5, 0.6) is 0 Å². The van der Waals surface area contributed by atoms with Crippen LogP contribution in [0.4, 0.5) is 0 Å². The molecule has 0 aromatic rings. The standard InChI is InChI=1S/C19H26O9/c1-5-19(2,3)18(23)25-8-6-7-9(20)26-14-12-10(16(21)24-4)11-13(27-12)15(14)28-17(11)22/h10-15H,5-8H2,1-4H3. The monoisotopic (exact) mass is 398 g/mol. The molecule has 0 aliphatic carbocycles. The van der Waals surface area contributed by atoms with E-state index >= 15 is 0 Å². The van der Waals surface area contributed by atoms with Gasteiger partial charge in [-0.1, -0.05) is 6.92 Å². The molecule has 28 heavy (non-hydrogen) atoms. The number of fused-ring (bicyclic) bond motifs is 1. The van der Waals surface area contributed by atoms with Gasteiger partial charge in [-0.3, -0.25) is 19.2 Å². The van der Waals surface area contributed by atoms with Crippen LogP contribution < -0.4 is 0 Å². The van der Waals surface area contributed by atoms with Crippen LogP contribution in [0.3, 0.4) is 0 Å². The molecule has 0 amide bonds. The maximum Gasteiger partial charge on any atom is 0.313 e. The van der Waals surface area contributed by atoms with Gasteiger partial charge in [-0.2, -0.15) is 0 Å². The Morgan fingerprint density at radius 1 is 1.14 bits per heavy atom. The Morgan fingerprint density at radius 2 is 1.86 bits per heavy atom. The Kier molecular flexibility index (Phi) is 5.65. The van der Waals surface area contributed by atoms with E-state index in [1.54, 1.807) is 13.8 Å². The van der Waals surface area contributed by atoms with E-state index in [1.165, 1.54) is 7.11 Å². The van der Waals surface area contributed by atoms with Gasteiger partial charge in [0.2, 0.25) is 0 Å². The van der Waals surface area contributed by atoms with Gasteiger partial charge in [-0.15, -0.1) is 0 Å². The quantitative estimate of drug-likeness (QED) is 0.332. The summed E-state index contributed by atoms with van der Waals surface area (Å²) in [5, 5.41) is 0. The predicted molar refractivity (Wildman–Crippen MR) is 91.7 cm³/mol. The molecule has 156 valence electrons. The maximum atomic E-state index is 12.2. The molecule has 3 fully saturated rings. The second kappa shape index (κ2) is 7.69. The summed E-state index contributed by atoms with van der Waals surface area (Å²) in [7, 11) is 1.23. The van der Waals surface area contributed by atoms with Crippen molar-refractivity contribution >= 4 is 23.9 Å². The summed E-state index contributed by atoms with van der Waals surface area (Å²) < 4.78 is 26.4. The fraction of sp³-hybridized carbons (Fsp3) is 0.789. The van der Waals surface area contributed by atoms with Gasteiger partial charge >= 0.3 is 23.9 Å². The maximum absolute atomic E-state index is 12.2. The van der Waals surface area contributed by atoms with E-state index in [4.69, 9.17) is 23.7 Å².